The van der Waals surface area contributed by atoms with Crippen LogP contribution >= 0.6 is 0 Å². The lowest BCUT2D eigenvalue weighted by atomic mass is 9.98. The first-order valence-corrected chi connectivity index (χ1v) is 5.30. The summed E-state index contributed by atoms with van der Waals surface area (Å²) in [5.41, 5.74) is 0. The molecule has 0 bridgehead atoms. The zero-order valence-electron chi connectivity index (χ0n) is 8.83. The molecule has 1 rings (SSSR count). The summed E-state index contributed by atoms with van der Waals surface area (Å²) in [6, 6.07) is 0. The molecule has 0 aromatic heterocycles. The standard InChI is InChI=1S/C10H20N2O2/c1-9(14)11-7-10-3-2-4-12(8-10)5-6-13/h10,13H,2-8H2,1H3,(H,11,14)/t10-/m0/s1. The van der Waals surface area contributed by atoms with Gasteiger partial charge in [0.15, 0.2) is 0 Å². The number of hydrogen-bond acceptors (Lipinski definition) is 3. The van der Waals surface area contributed by atoms with E-state index < -0.39 is 0 Å². The Bertz CT molecular complexity index is 183. The lowest BCUT2D eigenvalue weighted by molar-refractivity contribution is -0.119. The summed E-state index contributed by atoms with van der Waals surface area (Å²) in [6.07, 6.45) is 2.35. The van der Waals surface area contributed by atoms with Crippen LogP contribution < -0.4 is 5.32 Å². The largest absolute Gasteiger partial charge is 0.395 e. The van der Waals surface area contributed by atoms with Gasteiger partial charge in [-0.1, -0.05) is 0 Å². The number of aliphatic hydroxyl groups excluding tert-OH is 1. The second kappa shape index (κ2) is 5.98. The van der Waals surface area contributed by atoms with Gasteiger partial charge < -0.3 is 15.3 Å². The van der Waals surface area contributed by atoms with E-state index in [9.17, 15) is 4.79 Å². The molecule has 1 fully saturated rings. The number of rotatable bonds is 4. The van der Waals surface area contributed by atoms with Crippen molar-refractivity contribution in [2.45, 2.75) is 19.8 Å². The highest BCUT2D eigenvalue weighted by Gasteiger charge is 2.19. The van der Waals surface area contributed by atoms with Crippen LogP contribution in [0, 0.1) is 5.92 Å². The maximum atomic E-state index is 10.7. The number of piperidine rings is 1. The van der Waals surface area contributed by atoms with Crippen LogP contribution in [-0.2, 0) is 4.79 Å². The van der Waals surface area contributed by atoms with Gasteiger partial charge in [-0.05, 0) is 25.3 Å². The zero-order valence-corrected chi connectivity index (χ0v) is 8.83. The van der Waals surface area contributed by atoms with Crippen LogP contribution in [0.25, 0.3) is 0 Å². The van der Waals surface area contributed by atoms with Crippen molar-refractivity contribution in [3.05, 3.63) is 0 Å². The Kier molecular flexibility index (Phi) is 4.90. The first kappa shape index (κ1) is 11.5. The van der Waals surface area contributed by atoms with E-state index in [2.05, 4.69) is 10.2 Å². The molecule has 0 spiro atoms. The molecule has 0 unspecified atom stereocenters. The van der Waals surface area contributed by atoms with Crippen molar-refractivity contribution in [3.8, 4) is 0 Å². The Morgan fingerprint density at radius 1 is 1.64 bits per heavy atom. The Morgan fingerprint density at radius 3 is 3.07 bits per heavy atom. The van der Waals surface area contributed by atoms with Gasteiger partial charge in [0, 0.05) is 26.6 Å². The van der Waals surface area contributed by atoms with E-state index in [0.29, 0.717) is 5.92 Å². The number of amides is 1. The molecule has 1 atom stereocenters. The topological polar surface area (TPSA) is 52.6 Å². The maximum absolute atomic E-state index is 10.7. The first-order chi connectivity index (χ1) is 6.72. The van der Waals surface area contributed by atoms with E-state index in [-0.39, 0.29) is 12.5 Å². The van der Waals surface area contributed by atoms with Gasteiger partial charge in [0.05, 0.1) is 6.61 Å². The molecule has 0 aromatic carbocycles. The molecule has 0 aliphatic carbocycles. The van der Waals surface area contributed by atoms with Crippen LogP contribution in [0.4, 0.5) is 0 Å². The highest BCUT2D eigenvalue weighted by Crippen LogP contribution is 2.14. The Hall–Kier alpha value is -0.610. The van der Waals surface area contributed by atoms with E-state index in [4.69, 9.17) is 5.11 Å². The Balaban J connectivity index is 2.21. The molecule has 14 heavy (non-hydrogen) atoms. The maximum Gasteiger partial charge on any atom is 0.216 e. The normalized spacial score (nSPS) is 23.4. The average molecular weight is 200 g/mol. The minimum absolute atomic E-state index is 0.0456. The number of β-amino-alcohol motifs (C(OH)–C–C–N with tert-alkyl or cyclic N) is 1. The molecule has 0 radical (unpaired) electrons. The quantitative estimate of drug-likeness (QED) is 0.662. The van der Waals surface area contributed by atoms with Crippen molar-refractivity contribution >= 4 is 5.91 Å². The number of carbonyl (C=O) groups excluding carboxylic acids is 1. The molecule has 1 heterocycles. The molecule has 2 N–H and O–H groups in total. The van der Waals surface area contributed by atoms with E-state index in [1.165, 1.54) is 12.8 Å². The fourth-order valence-corrected chi connectivity index (χ4v) is 1.95. The third-order valence-electron chi connectivity index (χ3n) is 2.66. The SMILES string of the molecule is CC(=O)NC[C@@H]1CCCN(CCO)C1. The van der Waals surface area contributed by atoms with E-state index >= 15 is 0 Å². The molecule has 1 saturated heterocycles. The van der Waals surface area contributed by atoms with Crippen LogP contribution in [0.15, 0.2) is 0 Å². The van der Waals surface area contributed by atoms with E-state index in [1.54, 1.807) is 6.92 Å². The molecule has 4 nitrogen and oxygen atoms in total. The average Bonchev–Trinajstić information content (AvgIpc) is 2.16. The van der Waals surface area contributed by atoms with Gasteiger partial charge in [0.25, 0.3) is 0 Å². The lowest BCUT2D eigenvalue weighted by Gasteiger charge is -2.32. The summed E-state index contributed by atoms with van der Waals surface area (Å²) in [6.45, 7) is 5.40. The molecule has 4 heteroatoms. The summed E-state index contributed by atoms with van der Waals surface area (Å²) in [4.78, 5) is 13.0. The van der Waals surface area contributed by atoms with Crippen LogP contribution in [0.1, 0.15) is 19.8 Å². The molecule has 82 valence electrons. The van der Waals surface area contributed by atoms with Gasteiger partial charge >= 0.3 is 0 Å². The van der Waals surface area contributed by atoms with E-state index in [1.807, 2.05) is 0 Å². The summed E-state index contributed by atoms with van der Waals surface area (Å²) in [7, 11) is 0. The fraction of sp³-hybridized carbons (Fsp3) is 0.900. The number of aliphatic hydroxyl groups is 1. The molecule has 1 aliphatic heterocycles. The van der Waals surface area contributed by atoms with Gasteiger partial charge in [0.2, 0.25) is 5.91 Å². The van der Waals surface area contributed by atoms with E-state index in [0.717, 1.165) is 26.2 Å². The van der Waals surface area contributed by atoms with Crippen molar-refractivity contribution in [3.63, 3.8) is 0 Å². The number of hydrogen-bond donors (Lipinski definition) is 2. The molecular weight excluding hydrogens is 180 g/mol. The van der Waals surface area contributed by atoms with Gasteiger partial charge in [-0.25, -0.2) is 0 Å². The lowest BCUT2D eigenvalue weighted by Crippen LogP contribution is -2.41. The van der Waals surface area contributed by atoms with Crippen molar-refractivity contribution in [1.82, 2.24) is 10.2 Å². The van der Waals surface area contributed by atoms with Crippen molar-refractivity contribution in [1.29, 1.82) is 0 Å². The highest BCUT2D eigenvalue weighted by molar-refractivity contribution is 5.72. The first-order valence-electron chi connectivity index (χ1n) is 5.30. The predicted molar refractivity (Wildman–Crippen MR) is 54.9 cm³/mol. The molecule has 0 aromatic rings. The van der Waals surface area contributed by atoms with Crippen molar-refractivity contribution in [2.75, 3.05) is 32.8 Å². The molecule has 1 amide bonds. The van der Waals surface area contributed by atoms with Crippen LogP contribution in [0.5, 0.6) is 0 Å². The smallest absolute Gasteiger partial charge is 0.216 e. The summed E-state index contributed by atoms with van der Waals surface area (Å²) >= 11 is 0. The van der Waals surface area contributed by atoms with Crippen molar-refractivity contribution < 1.29 is 9.90 Å². The highest BCUT2D eigenvalue weighted by atomic mass is 16.3. The van der Waals surface area contributed by atoms with Crippen molar-refractivity contribution in [2.24, 2.45) is 5.92 Å². The predicted octanol–water partition coefficient (Wildman–Crippen LogP) is -0.173. The van der Waals surface area contributed by atoms with Crippen LogP contribution in [-0.4, -0.2) is 48.7 Å². The van der Waals surface area contributed by atoms with Gasteiger partial charge in [-0.2, -0.15) is 0 Å². The molecule has 1 aliphatic rings. The van der Waals surface area contributed by atoms with Gasteiger partial charge in [-0.3, -0.25) is 4.79 Å². The second-order valence-corrected chi connectivity index (χ2v) is 3.97. The fourth-order valence-electron chi connectivity index (χ4n) is 1.95. The Labute approximate surface area is 85.3 Å². The summed E-state index contributed by atoms with van der Waals surface area (Å²) in [5, 5.41) is 11.7. The zero-order chi connectivity index (χ0) is 10.4. The molecule has 0 saturated carbocycles. The molecular formula is C10H20N2O2. The number of nitrogens with one attached hydrogen (secondary N) is 1. The number of nitrogens with zero attached hydrogens (tertiary/aromatic N) is 1. The monoisotopic (exact) mass is 200 g/mol. The van der Waals surface area contributed by atoms with Gasteiger partial charge in [-0.15, -0.1) is 0 Å². The third kappa shape index (κ3) is 4.07. The summed E-state index contributed by atoms with van der Waals surface area (Å²) < 4.78 is 0. The minimum atomic E-state index is 0.0456. The number of likely N-dealkylation sites (tertiary alicyclic amines) is 1. The van der Waals surface area contributed by atoms with Gasteiger partial charge in [0.1, 0.15) is 0 Å². The Morgan fingerprint density at radius 2 is 2.43 bits per heavy atom. The summed E-state index contributed by atoms with van der Waals surface area (Å²) in [5.74, 6) is 0.600. The third-order valence-corrected chi connectivity index (χ3v) is 2.66. The minimum Gasteiger partial charge on any atom is -0.395 e. The van der Waals surface area contributed by atoms with Crippen LogP contribution in [0.3, 0.4) is 0 Å². The second-order valence-electron chi connectivity index (χ2n) is 3.97. The van der Waals surface area contributed by atoms with Crippen LogP contribution in [0.2, 0.25) is 0 Å². The number of carbonyl (C=O) groups is 1.